The predicted octanol–water partition coefficient (Wildman–Crippen LogP) is 3.40. The van der Waals surface area contributed by atoms with Crippen LogP contribution in [-0.4, -0.2) is 51.6 Å². The fourth-order valence-corrected chi connectivity index (χ4v) is 3.73. The van der Waals surface area contributed by atoms with E-state index in [-0.39, 0.29) is 18.9 Å². The summed E-state index contributed by atoms with van der Waals surface area (Å²) in [5.74, 6) is 0.855. The molecular weight excluding hydrogens is 421 g/mol. The third kappa shape index (κ3) is 7.02. The van der Waals surface area contributed by atoms with Gasteiger partial charge in [-0.2, -0.15) is 0 Å². The Balaban J connectivity index is 2.42. The zero-order valence-electron chi connectivity index (χ0n) is 15.2. The molecule has 0 spiro atoms. The van der Waals surface area contributed by atoms with Crippen molar-refractivity contribution in [2.75, 3.05) is 32.5 Å². The van der Waals surface area contributed by atoms with Crippen molar-refractivity contribution in [1.82, 2.24) is 10.6 Å². The van der Waals surface area contributed by atoms with E-state index in [1.807, 2.05) is 0 Å². The second-order valence-electron chi connectivity index (χ2n) is 6.40. The van der Waals surface area contributed by atoms with E-state index < -0.39 is 14.6 Å². The van der Waals surface area contributed by atoms with Crippen molar-refractivity contribution in [1.29, 1.82) is 0 Å². The number of halogens is 3. The maximum absolute atomic E-state index is 12.1. The Hall–Kier alpha value is -0.890. The molecule has 1 aromatic carbocycles. The summed E-state index contributed by atoms with van der Waals surface area (Å²) in [7, 11) is -1.59. The molecule has 2 N–H and O–H groups in total. The van der Waals surface area contributed by atoms with Crippen molar-refractivity contribution < 1.29 is 13.2 Å². The van der Waals surface area contributed by atoms with Crippen LogP contribution in [0.5, 0.6) is 5.75 Å². The predicted molar refractivity (Wildman–Crippen MR) is 110 cm³/mol. The number of guanidine groups is 1. The molecule has 0 unspecified atom stereocenters. The van der Waals surface area contributed by atoms with Crippen molar-refractivity contribution in [3.8, 4) is 5.75 Å². The maximum atomic E-state index is 12.1. The largest absolute Gasteiger partial charge is 0.489 e. The van der Waals surface area contributed by atoms with Gasteiger partial charge >= 0.3 is 0 Å². The molecule has 0 aliphatic carbocycles. The van der Waals surface area contributed by atoms with Gasteiger partial charge in [0.1, 0.15) is 6.61 Å². The van der Waals surface area contributed by atoms with E-state index in [0.29, 0.717) is 33.3 Å². The van der Waals surface area contributed by atoms with Crippen LogP contribution in [-0.2, 0) is 9.84 Å². The number of ether oxygens (including phenoxy) is 1. The van der Waals surface area contributed by atoms with Gasteiger partial charge < -0.3 is 15.4 Å². The number of hydrogen-bond acceptors (Lipinski definition) is 4. The lowest BCUT2D eigenvalue weighted by Crippen LogP contribution is -2.42. The summed E-state index contributed by atoms with van der Waals surface area (Å²) < 4.78 is 28.9. The summed E-state index contributed by atoms with van der Waals surface area (Å²) in [6.45, 7) is 6.00. The smallest absolute Gasteiger partial charge is 0.191 e. The van der Waals surface area contributed by atoms with Gasteiger partial charge in [-0.1, -0.05) is 34.8 Å². The van der Waals surface area contributed by atoms with E-state index in [2.05, 4.69) is 15.6 Å². The lowest BCUT2D eigenvalue weighted by molar-refractivity contribution is 0.322. The average molecular weight is 445 g/mol. The van der Waals surface area contributed by atoms with Crippen molar-refractivity contribution >= 4 is 50.6 Å². The summed E-state index contributed by atoms with van der Waals surface area (Å²) in [4.78, 5) is 4.04. The molecule has 10 heteroatoms. The minimum absolute atomic E-state index is 0.0176. The van der Waals surface area contributed by atoms with Gasteiger partial charge in [0.05, 0.1) is 27.1 Å². The van der Waals surface area contributed by atoms with Gasteiger partial charge in [-0.05, 0) is 32.9 Å². The molecule has 0 saturated carbocycles. The lowest BCUT2D eigenvalue weighted by Gasteiger charge is -2.20. The zero-order chi connectivity index (χ0) is 20.0. The van der Waals surface area contributed by atoms with Crippen LogP contribution in [0.15, 0.2) is 17.1 Å². The van der Waals surface area contributed by atoms with Crippen LogP contribution in [0.4, 0.5) is 0 Å². The number of nitrogens with one attached hydrogen (secondary N) is 2. The minimum Gasteiger partial charge on any atom is -0.489 e. The molecule has 26 heavy (non-hydrogen) atoms. The second kappa shape index (κ2) is 9.88. The van der Waals surface area contributed by atoms with E-state index in [4.69, 9.17) is 39.5 Å². The molecular formula is C16H24Cl3N3O3S. The highest BCUT2D eigenvalue weighted by Gasteiger charge is 2.28. The first-order chi connectivity index (χ1) is 12.0. The Morgan fingerprint density at radius 1 is 1.12 bits per heavy atom. The Morgan fingerprint density at radius 2 is 1.65 bits per heavy atom. The second-order valence-corrected chi connectivity index (χ2v) is 10.5. The fourth-order valence-electron chi connectivity index (χ4n) is 1.82. The standard InChI is InChI=1S/C16H24Cl3N3O3S/c1-16(2,3)26(23,24)8-6-22-15(20-4)21-5-7-25-14-12(18)9-11(17)10-13(14)19/h9-10H,5-8H2,1-4H3,(H2,20,21,22). The zero-order valence-corrected chi connectivity index (χ0v) is 18.3. The monoisotopic (exact) mass is 443 g/mol. The summed E-state index contributed by atoms with van der Waals surface area (Å²) in [5.41, 5.74) is 0. The number of rotatable bonds is 7. The molecule has 0 atom stereocenters. The van der Waals surface area contributed by atoms with E-state index >= 15 is 0 Å². The van der Waals surface area contributed by atoms with Crippen molar-refractivity contribution in [2.24, 2.45) is 4.99 Å². The van der Waals surface area contributed by atoms with Gasteiger partial charge in [-0.25, -0.2) is 8.42 Å². The van der Waals surface area contributed by atoms with Gasteiger partial charge in [-0.15, -0.1) is 0 Å². The average Bonchev–Trinajstić information content (AvgIpc) is 2.50. The van der Waals surface area contributed by atoms with Gasteiger partial charge in [0.25, 0.3) is 0 Å². The molecule has 1 rings (SSSR count). The van der Waals surface area contributed by atoms with E-state index in [1.165, 1.54) is 0 Å². The fraction of sp³-hybridized carbons (Fsp3) is 0.562. The van der Waals surface area contributed by atoms with Crippen molar-refractivity contribution in [3.05, 3.63) is 27.2 Å². The third-order valence-electron chi connectivity index (χ3n) is 3.42. The van der Waals surface area contributed by atoms with Gasteiger partial charge in [0, 0.05) is 18.6 Å². The molecule has 1 aromatic rings. The molecule has 0 bridgehead atoms. The Morgan fingerprint density at radius 3 is 2.15 bits per heavy atom. The highest BCUT2D eigenvalue weighted by molar-refractivity contribution is 7.92. The molecule has 0 saturated heterocycles. The van der Waals surface area contributed by atoms with Crippen LogP contribution in [0.1, 0.15) is 20.8 Å². The number of hydrogen-bond donors (Lipinski definition) is 2. The van der Waals surface area contributed by atoms with Crippen molar-refractivity contribution in [2.45, 2.75) is 25.5 Å². The number of aliphatic imine (C=N–C) groups is 1. The summed E-state index contributed by atoms with van der Waals surface area (Å²) in [6.07, 6.45) is 0. The van der Waals surface area contributed by atoms with Gasteiger partial charge in [-0.3, -0.25) is 4.99 Å². The molecule has 0 aromatic heterocycles. The Bertz CT molecular complexity index is 724. The third-order valence-corrected chi connectivity index (χ3v) is 6.81. The summed E-state index contributed by atoms with van der Waals surface area (Å²) in [6, 6.07) is 3.10. The Kier molecular flexibility index (Phi) is 8.79. The topological polar surface area (TPSA) is 79.8 Å². The first-order valence-electron chi connectivity index (χ1n) is 7.92. The van der Waals surface area contributed by atoms with E-state index in [0.717, 1.165) is 0 Å². The van der Waals surface area contributed by atoms with Gasteiger partial charge in [0.2, 0.25) is 0 Å². The molecule has 0 aliphatic rings. The van der Waals surface area contributed by atoms with Crippen molar-refractivity contribution in [3.63, 3.8) is 0 Å². The SMILES string of the molecule is CN=C(NCCOc1c(Cl)cc(Cl)cc1Cl)NCCS(=O)(=O)C(C)(C)C. The molecule has 6 nitrogen and oxygen atoms in total. The van der Waals surface area contributed by atoms with Crippen LogP contribution in [0.3, 0.4) is 0 Å². The lowest BCUT2D eigenvalue weighted by atomic mass is 10.3. The summed E-state index contributed by atoms with van der Waals surface area (Å²) in [5, 5.41) is 7.08. The van der Waals surface area contributed by atoms with E-state index in [1.54, 1.807) is 40.0 Å². The normalized spacial score (nSPS) is 12.8. The number of sulfone groups is 1. The maximum Gasteiger partial charge on any atom is 0.191 e. The van der Waals surface area contributed by atoms with Crippen LogP contribution in [0.2, 0.25) is 15.1 Å². The molecule has 0 aliphatic heterocycles. The molecule has 0 fully saturated rings. The van der Waals surface area contributed by atoms with Crippen LogP contribution in [0, 0.1) is 0 Å². The first-order valence-corrected chi connectivity index (χ1v) is 10.7. The number of benzene rings is 1. The van der Waals surface area contributed by atoms with Gasteiger partial charge in [0.15, 0.2) is 21.5 Å². The Labute approximate surface area is 170 Å². The highest BCUT2D eigenvalue weighted by Crippen LogP contribution is 2.35. The molecule has 0 radical (unpaired) electrons. The van der Waals surface area contributed by atoms with Crippen LogP contribution in [0.25, 0.3) is 0 Å². The summed E-state index contributed by atoms with van der Waals surface area (Å²) >= 11 is 17.9. The quantitative estimate of drug-likeness (QED) is 0.383. The minimum atomic E-state index is -3.19. The molecule has 0 amide bonds. The molecule has 0 heterocycles. The molecule has 148 valence electrons. The van der Waals surface area contributed by atoms with Crippen LogP contribution < -0.4 is 15.4 Å². The number of nitrogens with zero attached hydrogens (tertiary/aromatic N) is 1. The highest BCUT2D eigenvalue weighted by atomic mass is 35.5. The first kappa shape index (κ1) is 23.1. The van der Waals surface area contributed by atoms with E-state index in [9.17, 15) is 8.42 Å². The van der Waals surface area contributed by atoms with Crippen LogP contribution >= 0.6 is 34.8 Å².